The fourth-order valence-corrected chi connectivity index (χ4v) is 9.12. The first-order chi connectivity index (χ1) is 26.3. The van der Waals surface area contributed by atoms with E-state index in [4.69, 9.17) is 4.98 Å². The molecule has 0 aliphatic carbocycles. The molecule has 11 rings (SSSR count). The fourth-order valence-electron chi connectivity index (χ4n) is 7.88. The van der Waals surface area contributed by atoms with Gasteiger partial charge in [0.2, 0.25) is 0 Å². The largest absolute Gasteiger partial charge is 0.309 e. The Morgan fingerprint density at radius 3 is 1.91 bits per heavy atom. The summed E-state index contributed by atoms with van der Waals surface area (Å²) < 4.78 is 7.30. The molecule has 0 saturated heterocycles. The Morgan fingerprint density at radius 2 is 1.08 bits per heavy atom. The van der Waals surface area contributed by atoms with Crippen molar-refractivity contribution in [2.24, 2.45) is 0 Å². The first kappa shape index (κ1) is 29.8. The summed E-state index contributed by atoms with van der Waals surface area (Å²) in [5.41, 5.74) is 12.2. The Balaban J connectivity index is 1.02. The SMILES string of the molecule is c1ccc2c(c1)nc(-c1ccc(-c3cncnc3)cc1)n2-c1ccc(-n2c3ccccc3c3cc(-c4cccc5c4sc4ccccc45)ccc32)cc1. The number of nitrogens with zero attached hydrogens (tertiary/aromatic N) is 5. The summed E-state index contributed by atoms with van der Waals surface area (Å²) in [5, 5.41) is 5.13. The Kier molecular flexibility index (Phi) is 6.66. The molecular weight excluding hydrogens is 667 g/mol. The fraction of sp³-hybridized carbons (Fsp3) is 0. The van der Waals surface area contributed by atoms with Crippen molar-refractivity contribution in [2.75, 3.05) is 0 Å². The van der Waals surface area contributed by atoms with Crippen molar-refractivity contribution >= 4 is 64.3 Å². The molecule has 0 spiro atoms. The first-order valence-electron chi connectivity index (χ1n) is 17.7. The number of hydrogen-bond acceptors (Lipinski definition) is 4. The first-order valence-corrected chi connectivity index (χ1v) is 18.5. The van der Waals surface area contributed by atoms with E-state index in [1.807, 2.05) is 29.8 Å². The Labute approximate surface area is 308 Å². The highest BCUT2D eigenvalue weighted by molar-refractivity contribution is 7.26. The lowest BCUT2D eigenvalue weighted by atomic mass is 10.0. The molecule has 5 nitrogen and oxygen atoms in total. The van der Waals surface area contributed by atoms with E-state index in [1.54, 1.807) is 6.33 Å². The van der Waals surface area contributed by atoms with E-state index in [1.165, 1.54) is 53.1 Å². The van der Waals surface area contributed by atoms with Crippen LogP contribution in [0.25, 0.3) is 98.0 Å². The predicted molar refractivity (Wildman–Crippen MR) is 220 cm³/mol. The monoisotopic (exact) mass is 695 g/mol. The summed E-state index contributed by atoms with van der Waals surface area (Å²) in [7, 11) is 0. The lowest BCUT2D eigenvalue weighted by molar-refractivity contribution is 1.09. The number of fused-ring (bicyclic) bond motifs is 7. The van der Waals surface area contributed by atoms with Gasteiger partial charge in [-0.05, 0) is 77.4 Å². The molecule has 0 fully saturated rings. The van der Waals surface area contributed by atoms with Crippen LogP contribution >= 0.6 is 11.3 Å². The standard InChI is InChI=1S/C47H29N5S/c1-4-13-42-37(8-1)40-26-32(36-10-7-11-39-38-9-2-6-15-45(38)53-46(36)39)20-25-43(40)51(42)34-21-23-35(24-22-34)52-44-14-5-3-12-41(44)50-47(52)31-18-16-30(17-19-31)33-27-48-29-49-28-33/h1-29H. The number of imidazole rings is 1. The van der Waals surface area contributed by atoms with Crippen LogP contribution in [0.15, 0.2) is 176 Å². The number of benzene rings is 7. The van der Waals surface area contributed by atoms with Crippen LogP contribution in [0.5, 0.6) is 0 Å². The number of hydrogen-bond donors (Lipinski definition) is 0. The highest BCUT2D eigenvalue weighted by Crippen LogP contribution is 2.42. The second kappa shape index (κ2) is 11.8. The zero-order valence-corrected chi connectivity index (χ0v) is 29.2. The molecule has 0 bridgehead atoms. The summed E-state index contributed by atoms with van der Waals surface area (Å²) in [6.45, 7) is 0. The van der Waals surface area contributed by atoms with E-state index in [9.17, 15) is 0 Å². The number of thiophene rings is 1. The van der Waals surface area contributed by atoms with Crippen molar-refractivity contribution in [2.45, 2.75) is 0 Å². The third kappa shape index (κ3) is 4.73. The number of rotatable bonds is 5. The van der Waals surface area contributed by atoms with Gasteiger partial charge in [0, 0.05) is 65.8 Å². The molecule has 7 aromatic carbocycles. The van der Waals surface area contributed by atoms with Crippen molar-refractivity contribution < 1.29 is 0 Å². The van der Waals surface area contributed by atoms with Gasteiger partial charge in [-0.15, -0.1) is 11.3 Å². The van der Waals surface area contributed by atoms with Crippen LogP contribution in [0, 0.1) is 0 Å². The normalized spacial score (nSPS) is 11.8. The Bertz CT molecular complexity index is 3150. The summed E-state index contributed by atoms with van der Waals surface area (Å²) in [6, 6.07) is 56.8. The molecule has 0 atom stereocenters. The summed E-state index contributed by atoms with van der Waals surface area (Å²) >= 11 is 1.88. The van der Waals surface area contributed by atoms with Gasteiger partial charge in [0.25, 0.3) is 0 Å². The quantitative estimate of drug-likeness (QED) is 0.180. The van der Waals surface area contributed by atoms with Crippen LogP contribution < -0.4 is 0 Å². The van der Waals surface area contributed by atoms with E-state index < -0.39 is 0 Å². The molecule has 4 heterocycles. The topological polar surface area (TPSA) is 48.5 Å². The third-order valence-electron chi connectivity index (χ3n) is 10.4. The van der Waals surface area contributed by atoms with Crippen molar-refractivity contribution in [3.05, 3.63) is 176 Å². The second-order valence-corrected chi connectivity index (χ2v) is 14.4. The van der Waals surface area contributed by atoms with Gasteiger partial charge in [0.15, 0.2) is 0 Å². The van der Waals surface area contributed by atoms with Gasteiger partial charge in [-0.25, -0.2) is 15.0 Å². The number of para-hydroxylation sites is 3. The average molecular weight is 696 g/mol. The van der Waals surface area contributed by atoms with Crippen LogP contribution in [0.2, 0.25) is 0 Å². The Morgan fingerprint density at radius 1 is 0.434 bits per heavy atom. The molecule has 0 amide bonds. The van der Waals surface area contributed by atoms with E-state index in [2.05, 4.69) is 171 Å². The van der Waals surface area contributed by atoms with Crippen LogP contribution in [-0.4, -0.2) is 24.1 Å². The molecule has 6 heteroatoms. The smallest absolute Gasteiger partial charge is 0.145 e. The minimum absolute atomic E-state index is 0.896. The van der Waals surface area contributed by atoms with E-state index in [0.717, 1.165) is 44.9 Å². The number of aromatic nitrogens is 5. The zero-order valence-electron chi connectivity index (χ0n) is 28.4. The highest BCUT2D eigenvalue weighted by Gasteiger charge is 2.18. The van der Waals surface area contributed by atoms with Crippen molar-refractivity contribution in [3.8, 4) is 45.0 Å². The summed E-state index contributed by atoms with van der Waals surface area (Å²) in [4.78, 5) is 13.5. The molecule has 0 N–H and O–H groups in total. The lowest BCUT2D eigenvalue weighted by Gasteiger charge is -2.13. The van der Waals surface area contributed by atoms with Crippen LogP contribution in [-0.2, 0) is 0 Å². The average Bonchev–Trinajstić information content (AvgIpc) is 3.91. The maximum Gasteiger partial charge on any atom is 0.145 e. The molecular formula is C47H29N5S. The van der Waals surface area contributed by atoms with E-state index in [-0.39, 0.29) is 0 Å². The molecule has 53 heavy (non-hydrogen) atoms. The molecule has 248 valence electrons. The molecule has 4 aromatic heterocycles. The predicted octanol–water partition coefficient (Wildman–Crippen LogP) is 12.3. The van der Waals surface area contributed by atoms with Gasteiger partial charge >= 0.3 is 0 Å². The molecule has 11 aromatic rings. The molecule has 0 unspecified atom stereocenters. The van der Waals surface area contributed by atoms with Gasteiger partial charge in [-0.1, -0.05) is 97.1 Å². The third-order valence-corrected chi connectivity index (χ3v) is 11.6. The van der Waals surface area contributed by atoms with Crippen LogP contribution in [0.1, 0.15) is 0 Å². The van der Waals surface area contributed by atoms with Gasteiger partial charge in [0.05, 0.1) is 22.1 Å². The molecule has 0 aliphatic heterocycles. The van der Waals surface area contributed by atoms with E-state index >= 15 is 0 Å². The van der Waals surface area contributed by atoms with Crippen LogP contribution in [0.4, 0.5) is 0 Å². The summed E-state index contributed by atoms with van der Waals surface area (Å²) in [6.07, 6.45) is 5.22. The van der Waals surface area contributed by atoms with Crippen molar-refractivity contribution in [3.63, 3.8) is 0 Å². The molecule has 0 aliphatic rings. The van der Waals surface area contributed by atoms with Gasteiger partial charge in [-0.3, -0.25) is 4.57 Å². The maximum atomic E-state index is 5.11. The van der Waals surface area contributed by atoms with E-state index in [0.29, 0.717) is 0 Å². The van der Waals surface area contributed by atoms with Gasteiger partial charge in [0.1, 0.15) is 12.2 Å². The molecule has 0 radical (unpaired) electrons. The van der Waals surface area contributed by atoms with Crippen molar-refractivity contribution in [1.82, 2.24) is 24.1 Å². The van der Waals surface area contributed by atoms with Gasteiger partial charge in [-0.2, -0.15) is 0 Å². The molecule has 0 saturated carbocycles. The maximum absolute atomic E-state index is 5.11. The Hall–Kier alpha value is -6.89. The van der Waals surface area contributed by atoms with Gasteiger partial charge < -0.3 is 4.57 Å². The van der Waals surface area contributed by atoms with Crippen molar-refractivity contribution in [1.29, 1.82) is 0 Å². The highest BCUT2D eigenvalue weighted by atomic mass is 32.1. The summed E-state index contributed by atoms with van der Waals surface area (Å²) in [5.74, 6) is 0.896. The van der Waals surface area contributed by atoms with Crippen LogP contribution in [0.3, 0.4) is 0 Å². The lowest BCUT2D eigenvalue weighted by Crippen LogP contribution is -1.99. The zero-order chi connectivity index (χ0) is 34.9. The second-order valence-electron chi connectivity index (χ2n) is 13.3. The minimum atomic E-state index is 0.896. The minimum Gasteiger partial charge on any atom is -0.309 e.